The molecule has 0 aliphatic carbocycles. The van der Waals surface area contributed by atoms with Gasteiger partial charge in [0.05, 0.1) is 31.8 Å². The van der Waals surface area contributed by atoms with Crippen LogP contribution in [0.1, 0.15) is 35.5 Å². The van der Waals surface area contributed by atoms with E-state index in [1.165, 1.54) is 0 Å². The van der Waals surface area contributed by atoms with Gasteiger partial charge in [0.15, 0.2) is 0 Å². The van der Waals surface area contributed by atoms with Gasteiger partial charge in [0.2, 0.25) is 11.9 Å². The Labute approximate surface area is 234 Å². The van der Waals surface area contributed by atoms with E-state index in [2.05, 4.69) is 32.2 Å². The lowest BCUT2D eigenvalue weighted by atomic mass is 10.1. The lowest BCUT2D eigenvalue weighted by Crippen LogP contribution is -2.52. The standard InChI is InChI=1S/C29H36N8O3/c1-20(2)37-18-23-26(28(37)39)32-29(33-27(23)31-17-21-15-22-5-3-4-6-24(22)30-16-21)36-9-7-34(8-10-36)19-25(38)35-11-13-40-14-12-35/h3-6,15-16,20H,7-14,17-19H2,1-2H3,(H,31,32,33). The molecule has 11 heteroatoms. The van der Waals surface area contributed by atoms with Crippen molar-refractivity contribution in [3.63, 3.8) is 0 Å². The number of amides is 2. The summed E-state index contributed by atoms with van der Waals surface area (Å²) in [6.45, 7) is 10.8. The van der Waals surface area contributed by atoms with E-state index in [0.29, 0.717) is 76.5 Å². The van der Waals surface area contributed by atoms with Gasteiger partial charge in [-0.25, -0.2) is 4.98 Å². The predicted octanol–water partition coefficient (Wildman–Crippen LogP) is 1.98. The van der Waals surface area contributed by atoms with Gasteiger partial charge in [0, 0.05) is 69.0 Å². The molecule has 2 amide bonds. The summed E-state index contributed by atoms with van der Waals surface area (Å²) in [7, 11) is 0. The van der Waals surface area contributed by atoms with Crippen LogP contribution in [0, 0.1) is 0 Å². The number of fused-ring (bicyclic) bond motifs is 2. The summed E-state index contributed by atoms with van der Waals surface area (Å²) in [6, 6.07) is 10.2. The molecule has 5 heterocycles. The Morgan fingerprint density at radius 3 is 2.60 bits per heavy atom. The molecule has 3 aliphatic heterocycles. The summed E-state index contributed by atoms with van der Waals surface area (Å²) in [5.74, 6) is 1.34. The van der Waals surface area contributed by atoms with E-state index in [4.69, 9.17) is 14.7 Å². The molecule has 210 valence electrons. The van der Waals surface area contributed by atoms with Crippen LogP contribution in [-0.4, -0.2) is 107 Å². The third-order valence-electron chi connectivity index (χ3n) is 7.90. The Morgan fingerprint density at radius 2 is 1.82 bits per heavy atom. The SMILES string of the molecule is CC(C)N1Cc2c(NCc3cnc4ccccc4c3)nc(N3CCN(CC(=O)N4CCOCC4)CC3)nc2C1=O. The number of morpholine rings is 1. The zero-order valence-electron chi connectivity index (χ0n) is 23.2. The van der Waals surface area contributed by atoms with Crippen LogP contribution in [0.2, 0.25) is 0 Å². The minimum absolute atomic E-state index is 0.0567. The number of carbonyl (C=O) groups excluding carboxylic acids is 2. The summed E-state index contributed by atoms with van der Waals surface area (Å²) in [6.07, 6.45) is 1.88. The van der Waals surface area contributed by atoms with Gasteiger partial charge in [0.25, 0.3) is 5.91 Å². The smallest absolute Gasteiger partial charge is 0.273 e. The average Bonchev–Trinajstić information content (AvgIpc) is 3.33. The van der Waals surface area contributed by atoms with Crippen molar-refractivity contribution in [2.75, 3.05) is 69.2 Å². The number of piperazine rings is 1. The van der Waals surface area contributed by atoms with Crippen LogP contribution in [0.15, 0.2) is 36.5 Å². The Kier molecular flexibility index (Phi) is 7.48. The number of anilines is 2. The van der Waals surface area contributed by atoms with Crippen molar-refractivity contribution in [1.29, 1.82) is 0 Å². The number of ether oxygens (including phenoxy) is 1. The van der Waals surface area contributed by atoms with Crippen LogP contribution in [-0.2, 0) is 22.6 Å². The summed E-state index contributed by atoms with van der Waals surface area (Å²) in [5.41, 5.74) is 3.31. The highest BCUT2D eigenvalue weighted by Crippen LogP contribution is 2.31. The molecule has 3 aromatic rings. The molecule has 2 fully saturated rings. The highest BCUT2D eigenvalue weighted by Gasteiger charge is 2.35. The van der Waals surface area contributed by atoms with E-state index in [1.807, 2.05) is 48.0 Å². The maximum atomic E-state index is 13.3. The van der Waals surface area contributed by atoms with Crippen LogP contribution >= 0.6 is 0 Å². The Balaban J connectivity index is 1.18. The van der Waals surface area contributed by atoms with Gasteiger partial charge in [-0.2, -0.15) is 4.98 Å². The third kappa shape index (κ3) is 5.44. The Bertz CT molecular complexity index is 1400. The molecule has 3 aliphatic rings. The fourth-order valence-electron chi connectivity index (χ4n) is 5.49. The molecule has 2 saturated heterocycles. The molecule has 40 heavy (non-hydrogen) atoms. The summed E-state index contributed by atoms with van der Waals surface area (Å²) in [4.78, 5) is 48.3. The van der Waals surface area contributed by atoms with Crippen LogP contribution < -0.4 is 10.2 Å². The minimum Gasteiger partial charge on any atom is -0.378 e. The van der Waals surface area contributed by atoms with Crippen molar-refractivity contribution in [1.82, 2.24) is 29.7 Å². The van der Waals surface area contributed by atoms with Crippen molar-refractivity contribution in [3.8, 4) is 0 Å². The van der Waals surface area contributed by atoms with Crippen LogP contribution in [0.25, 0.3) is 10.9 Å². The van der Waals surface area contributed by atoms with E-state index in [-0.39, 0.29) is 17.9 Å². The van der Waals surface area contributed by atoms with Gasteiger partial charge in [0.1, 0.15) is 11.5 Å². The number of para-hydroxylation sites is 1. The first-order valence-electron chi connectivity index (χ1n) is 14.1. The average molecular weight is 545 g/mol. The van der Waals surface area contributed by atoms with Crippen molar-refractivity contribution in [2.45, 2.75) is 33.0 Å². The number of aromatic nitrogens is 3. The molecule has 0 atom stereocenters. The van der Waals surface area contributed by atoms with Gasteiger partial charge < -0.3 is 24.8 Å². The van der Waals surface area contributed by atoms with E-state index in [9.17, 15) is 9.59 Å². The van der Waals surface area contributed by atoms with E-state index >= 15 is 0 Å². The fourth-order valence-corrected chi connectivity index (χ4v) is 5.49. The van der Waals surface area contributed by atoms with Crippen LogP contribution in [0.5, 0.6) is 0 Å². The van der Waals surface area contributed by atoms with Gasteiger partial charge >= 0.3 is 0 Å². The van der Waals surface area contributed by atoms with Crippen molar-refractivity contribution < 1.29 is 14.3 Å². The first-order valence-corrected chi connectivity index (χ1v) is 14.1. The molecule has 11 nitrogen and oxygen atoms in total. The second kappa shape index (κ2) is 11.3. The van der Waals surface area contributed by atoms with Crippen LogP contribution in [0.3, 0.4) is 0 Å². The molecule has 1 N–H and O–H groups in total. The number of nitrogens with one attached hydrogen (secondary N) is 1. The quantitative estimate of drug-likeness (QED) is 0.478. The van der Waals surface area contributed by atoms with E-state index in [0.717, 1.165) is 35.1 Å². The fraction of sp³-hybridized carbons (Fsp3) is 0.483. The topological polar surface area (TPSA) is 107 Å². The molecule has 2 aromatic heterocycles. The molecule has 0 radical (unpaired) electrons. The highest BCUT2D eigenvalue weighted by atomic mass is 16.5. The summed E-state index contributed by atoms with van der Waals surface area (Å²) >= 11 is 0. The number of hydrogen-bond acceptors (Lipinski definition) is 9. The first-order chi connectivity index (χ1) is 19.5. The Morgan fingerprint density at radius 1 is 1.05 bits per heavy atom. The maximum Gasteiger partial charge on any atom is 0.273 e. The largest absolute Gasteiger partial charge is 0.378 e. The lowest BCUT2D eigenvalue weighted by molar-refractivity contribution is -0.136. The second-order valence-electron chi connectivity index (χ2n) is 10.9. The molecule has 0 saturated carbocycles. The van der Waals surface area contributed by atoms with Crippen LogP contribution in [0.4, 0.5) is 11.8 Å². The third-order valence-corrected chi connectivity index (χ3v) is 7.90. The molecule has 0 spiro atoms. The lowest BCUT2D eigenvalue weighted by Gasteiger charge is -2.36. The summed E-state index contributed by atoms with van der Waals surface area (Å²) in [5, 5.41) is 4.57. The van der Waals surface area contributed by atoms with Gasteiger partial charge in [-0.15, -0.1) is 0 Å². The number of pyridine rings is 1. The number of rotatable bonds is 7. The maximum absolute atomic E-state index is 13.3. The number of benzene rings is 1. The van der Waals surface area contributed by atoms with Crippen molar-refractivity contribution in [3.05, 3.63) is 53.3 Å². The first kappa shape index (κ1) is 26.4. The van der Waals surface area contributed by atoms with E-state index < -0.39 is 0 Å². The molecular weight excluding hydrogens is 508 g/mol. The molecule has 0 unspecified atom stereocenters. The zero-order chi connectivity index (χ0) is 27.6. The van der Waals surface area contributed by atoms with E-state index in [1.54, 1.807) is 0 Å². The number of carbonyl (C=O) groups is 2. The minimum atomic E-state index is -0.0567. The highest BCUT2D eigenvalue weighted by molar-refractivity contribution is 5.98. The molecule has 0 bridgehead atoms. The van der Waals surface area contributed by atoms with Crippen molar-refractivity contribution >= 4 is 34.5 Å². The second-order valence-corrected chi connectivity index (χ2v) is 10.9. The predicted molar refractivity (Wildman–Crippen MR) is 152 cm³/mol. The molecule has 1 aromatic carbocycles. The Hall–Kier alpha value is -3.83. The van der Waals surface area contributed by atoms with Crippen molar-refractivity contribution in [2.24, 2.45) is 0 Å². The molecular formula is C29H36N8O3. The monoisotopic (exact) mass is 544 g/mol. The summed E-state index contributed by atoms with van der Waals surface area (Å²) < 4.78 is 5.37. The van der Waals surface area contributed by atoms with Gasteiger partial charge in [-0.05, 0) is 31.5 Å². The zero-order valence-corrected chi connectivity index (χ0v) is 23.2. The van der Waals surface area contributed by atoms with Gasteiger partial charge in [-0.1, -0.05) is 18.2 Å². The normalized spacial score (nSPS) is 18.1. The van der Waals surface area contributed by atoms with Gasteiger partial charge in [-0.3, -0.25) is 19.5 Å². The number of nitrogens with zero attached hydrogens (tertiary/aromatic N) is 7. The molecule has 6 rings (SSSR count). The number of hydrogen-bond donors (Lipinski definition) is 1.